The number of aromatic carboxylic acids is 1. The highest BCUT2D eigenvalue weighted by atomic mass is 32.2. The number of aromatic nitrogens is 1. The molecule has 0 radical (unpaired) electrons. The van der Waals surface area contributed by atoms with Crippen molar-refractivity contribution in [1.82, 2.24) is 4.98 Å². The van der Waals surface area contributed by atoms with E-state index >= 15 is 0 Å². The third-order valence-corrected chi connectivity index (χ3v) is 3.78. The molecule has 0 saturated heterocycles. The Morgan fingerprint density at radius 3 is 2.83 bits per heavy atom. The van der Waals surface area contributed by atoms with Crippen LogP contribution in [0.2, 0.25) is 0 Å². The van der Waals surface area contributed by atoms with Gasteiger partial charge in [-0.05, 0) is 24.1 Å². The van der Waals surface area contributed by atoms with E-state index in [0.717, 1.165) is 10.6 Å². The number of hydrogen-bond acceptors (Lipinski definition) is 3. The minimum Gasteiger partial charge on any atom is -0.478 e. The second-order valence-electron chi connectivity index (χ2n) is 3.89. The molecule has 92 valence electrons. The van der Waals surface area contributed by atoms with Gasteiger partial charge in [-0.3, -0.25) is 4.98 Å². The van der Waals surface area contributed by atoms with Gasteiger partial charge in [-0.15, -0.1) is 11.8 Å². The fourth-order valence-corrected chi connectivity index (χ4v) is 2.68. The smallest absolute Gasteiger partial charge is 0.338 e. The van der Waals surface area contributed by atoms with Crippen molar-refractivity contribution in [2.45, 2.75) is 17.6 Å². The lowest BCUT2D eigenvalue weighted by Gasteiger charge is -2.07. The fraction of sp³-hybridized carbons (Fsp3) is 0.143. The van der Waals surface area contributed by atoms with Crippen LogP contribution in [0.3, 0.4) is 0 Å². The first-order chi connectivity index (χ1) is 8.68. The molecular weight excluding hydrogens is 246 g/mol. The fourth-order valence-electron chi connectivity index (χ4n) is 1.60. The summed E-state index contributed by atoms with van der Waals surface area (Å²) in [5.41, 5.74) is 2.70. The van der Waals surface area contributed by atoms with Crippen LogP contribution in [0.15, 0.2) is 47.6 Å². The minimum absolute atomic E-state index is 0.260. The van der Waals surface area contributed by atoms with Crippen molar-refractivity contribution in [2.75, 3.05) is 0 Å². The number of pyridine rings is 1. The lowest BCUT2D eigenvalue weighted by Crippen LogP contribution is -1.99. The Hall–Kier alpha value is -1.81. The summed E-state index contributed by atoms with van der Waals surface area (Å²) in [5, 5.41) is 9.06. The van der Waals surface area contributed by atoms with E-state index < -0.39 is 5.97 Å². The molecule has 0 atom stereocenters. The van der Waals surface area contributed by atoms with E-state index in [4.69, 9.17) is 5.11 Å². The highest BCUT2D eigenvalue weighted by molar-refractivity contribution is 7.98. The third-order valence-electron chi connectivity index (χ3n) is 2.66. The molecule has 0 saturated carbocycles. The number of carboxylic acid groups (broad SMARTS) is 1. The standard InChI is InChI=1S/C14H13NO2S/c1-10-4-2-3-5-11(10)9-18-13-6-7-15-8-12(13)14(16)17/h2-8H,9H2,1H3,(H,16,17). The van der Waals surface area contributed by atoms with Gasteiger partial charge in [0.15, 0.2) is 0 Å². The Labute approximate surface area is 110 Å². The van der Waals surface area contributed by atoms with Crippen molar-refractivity contribution in [3.8, 4) is 0 Å². The van der Waals surface area contributed by atoms with Crippen LogP contribution in [-0.2, 0) is 5.75 Å². The molecule has 0 aliphatic heterocycles. The Balaban J connectivity index is 2.16. The van der Waals surface area contributed by atoms with Crippen LogP contribution in [0.5, 0.6) is 0 Å². The first-order valence-electron chi connectivity index (χ1n) is 5.53. The van der Waals surface area contributed by atoms with Crippen molar-refractivity contribution < 1.29 is 9.90 Å². The quantitative estimate of drug-likeness (QED) is 0.855. The van der Waals surface area contributed by atoms with Crippen molar-refractivity contribution >= 4 is 17.7 Å². The topological polar surface area (TPSA) is 50.2 Å². The molecule has 2 rings (SSSR count). The van der Waals surface area contributed by atoms with Gasteiger partial charge < -0.3 is 5.11 Å². The summed E-state index contributed by atoms with van der Waals surface area (Å²) in [6.07, 6.45) is 3.01. The Kier molecular flexibility index (Phi) is 3.99. The van der Waals surface area contributed by atoms with Gasteiger partial charge in [-0.25, -0.2) is 4.79 Å². The maximum absolute atomic E-state index is 11.0. The number of carbonyl (C=O) groups is 1. The first-order valence-corrected chi connectivity index (χ1v) is 6.51. The molecule has 0 unspecified atom stereocenters. The van der Waals surface area contributed by atoms with E-state index in [-0.39, 0.29) is 5.56 Å². The first kappa shape index (κ1) is 12.6. The van der Waals surface area contributed by atoms with E-state index in [0.29, 0.717) is 0 Å². The van der Waals surface area contributed by atoms with E-state index in [1.54, 1.807) is 12.3 Å². The van der Waals surface area contributed by atoms with Crippen LogP contribution < -0.4 is 0 Å². The zero-order valence-electron chi connectivity index (χ0n) is 9.96. The summed E-state index contributed by atoms with van der Waals surface area (Å²) in [5.74, 6) is -0.174. The second kappa shape index (κ2) is 5.69. The molecule has 1 N–H and O–H groups in total. The summed E-state index contributed by atoms with van der Waals surface area (Å²) >= 11 is 1.52. The van der Waals surface area contributed by atoms with Gasteiger partial charge in [0.25, 0.3) is 0 Å². The number of thioether (sulfide) groups is 1. The van der Waals surface area contributed by atoms with Crippen LogP contribution in [0, 0.1) is 6.92 Å². The van der Waals surface area contributed by atoms with Gasteiger partial charge in [0.05, 0.1) is 5.56 Å². The molecule has 0 spiro atoms. The Bertz CT molecular complexity index is 569. The Morgan fingerprint density at radius 1 is 1.33 bits per heavy atom. The maximum atomic E-state index is 11.0. The highest BCUT2D eigenvalue weighted by Gasteiger charge is 2.10. The zero-order valence-corrected chi connectivity index (χ0v) is 10.8. The molecule has 0 fully saturated rings. The van der Waals surface area contributed by atoms with Gasteiger partial charge >= 0.3 is 5.97 Å². The number of aryl methyl sites for hydroxylation is 1. The van der Waals surface area contributed by atoms with Gasteiger partial charge in [-0.2, -0.15) is 0 Å². The molecule has 0 amide bonds. The van der Waals surface area contributed by atoms with E-state index in [2.05, 4.69) is 24.0 Å². The van der Waals surface area contributed by atoms with E-state index in [1.165, 1.54) is 29.1 Å². The minimum atomic E-state index is -0.935. The number of hydrogen-bond donors (Lipinski definition) is 1. The van der Waals surface area contributed by atoms with Gasteiger partial charge in [0.1, 0.15) is 0 Å². The van der Waals surface area contributed by atoms with Crippen LogP contribution >= 0.6 is 11.8 Å². The van der Waals surface area contributed by atoms with Crippen molar-refractivity contribution in [3.05, 3.63) is 59.4 Å². The largest absolute Gasteiger partial charge is 0.478 e. The second-order valence-corrected chi connectivity index (χ2v) is 4.91. The molecule has 1 aromatic carbocycles. The zero-order chi connectivity index (χ0) is 13.0. The van der Waals surface area contributed by atoms with Gasteiger partial charge in [0, 0.05) is 23.0 Å². The van der Waals surface area contributed by atoms with Crippen LogP contribution in [0.4, 0.5) is 0 Å². The number of rotatable bonds is 4. The number of benzene rings is 1. The van der Waals surface area contributed by atoms with Crippen molar-refractivity contribution in [3.63, 3.8) is 0 Å². The van der Waals surface area contributed by atoms with Gasteiger partial charge in [0.2, 0.25) is 0 Å². The van der Waals surface area contributed by atoms with Gasteiger partial charge in [-0.1, -0.05) is 24.3 Å². The van der Waals surface area contributed by atoms with Crippen LogP contribution in [0.1, 0.15) is 21.5 Å². The molecule has 4 heteroatoms. The summed E-state index contributed by atoms with van der Waals surface area (Å²) in [6.45, 7) is 2.06. The molecule has 1 heterocycles. The molecular formula is C14H13NO2S. The summed E-state index contributed by atoms with van der Waals surface area (Å²) < 4.78 is 0. The molecule has 0 aliphatic rings. The molecule has 1 aromatic heterocycles. The average molecular weight is 259 g/mol. The van der Waals surface area contributed by atoms with E-state index in [1.807, 2.05) is 12.1 Å². The van der Waals surface area contributed by atoms with Crippen molar-refractivity contribution in [1.29, 1.82) is 0 Å². The molecule has 0 bridgehead atoms. The number of carboxylic acids is 1. The van der Waals surface area contributed by atoms with Crippen molar-refractivity contribution in [2.24, 2.45) is 0 Å². The molecule has 2 aromatic rings. The molecule has 0 aliphatic carbocycles. The predicted octanol–water partition coefficient (Wildman–Crippen LogP) is 3.38. The van der Waals surface area contributed by atoms with E-state index in [9.17, 15) is 4.79 Å². The normalized spacial score (nSPS) is 10.3. The lowest BCUT2D eigenvalue weighted by molar-refractivity contribution is 0.0692. The number of nitrogens with zero attached hydrogens (tertiary/aromatic N) is 1. The Morgan fingerprint density at radius 2 is 2.11 bits per heavy atom. The summed E-state index contributed by atoms with van der Waals surface area (Å²) in [4.78, 5) is 15.6. The predicted molar refractivity (Wildman–Crippen MR) is 71.9 cm³/mol. The average Bonchev–Trinajstić information content (AvgIpc) is 2.38. The summed E-state index contributed by atoms with van der Waals surface area (Å²) in [6, 6.07) is 9.85. The van der Waals surface area contributed by atoms with Crippen LogP contribution in [-0.4, -0.2) is 16.1 Å². The molecule has 3 nitrogen and oxygen atoms in total. The molecule has 18 heavy (non-hydrogen) atoms. The maximum Gasteiger partial charge on any atom is 0.338 e. The lowest BCUT2D eigenvalue weighted by atomic mass is 10.1. The highest BCUT2D eigenvalue weighted by Crippen LogP contribution is 2.26. The summed E-state index contributed by atoms with van der Waals surface area (Å²) in [7, 11) is 0. The SMILES string of the molecule is Cc1ccccc1CSc1ccncc1C(=O)O. The van der Waals surface area contributed by atoms with Crippen LogP contribution in [0.25, 0.3) is 0 Å². The third kappa shape index (κ3) is 2.90. The monoisotopic (exact) mass is 259 g/mol.